The van der Waals surface area contributed by atoms with E-state index in [1.54, 1.807) is 6.92 Å². The lowest BCUT2D eigenvalue weighted by atomic mass is 9.82. The Kier molecular flexibility index (Phi) is 6.41. The van der Waals surface area contributed by atoms with E-state index in [9.17, 15) is 9.59 Å². The van der Waals surface area contributed by atoms with E-state index in [1.165, 1.54) is 0 Å². The van der Waals surface area contributed by atoms with Crippen LogP contribution >= 0.6 is 0 Å². The van der Waals surface area contributed by atoms with E-state index in [2.05, 4.69) is 17.1 Å². The van der Waals surface area contributed by atoms with Crippen molar-refractivity contribution in [1.82, 2.24) is 10.3 Å². The number of morpholine rings is 1. The number of carbonyl (C=O) groups is 2. The molecule has 3 heterocycles. The van der Waals surface area contributed by atoms with Crippen molar-refractivity contribution in [3.05, 3.63) is 53.7 Å². The van der Waals surface area contributed by atoms with Gasteiger partial charge in [-0.25, -0.2) is 9.78 Å². The monoisotopic (exact) mass is 464 g/mol. The van der Waals surface area contributed by atoms with Gasteiger partial charge in [0.15, 0.2) is 0 Å². The predicted octanol–water partition coefficient (Wildman–Crippen LogP) is 3.67. The molecule has 180 valence electrons. The number of aromatic nitrogens is 1. The topological polar surface area (TPSA) is 84.0 Å². The first-order valence-electron chi connectivity index (χ1n) is 12.1. The summed E-state index contributed by atoms with van der Waals surface area (Å²) in [6.45, 7) is 6.77. The van der Waals surface area contributed by atoms with Gasteiger partial charge in [0.2, 0.25) is 5.91 Å². The zero-order chi connectivity index (χ0) is 23.7. The first kappa shape index (κ1) is 22.7. The van der Waals surface area contributed by atoms with Crippen molar-refractivity contribution in [3.63, 3.8) is 0 Å². The van der Waals surface area contributed by atoms with Gasteiger partial charge in [-0.2, -0.15) is 0 Å². The number of amides is 2. The molecule has 3 atom stereocenters. The Hall–Kier alpha value is -3.13. The molecule has 1 N–H and O–H groups in total. The van der Waals surface area contributed by atoms with Crippen LogP contribution in [-0.4, -0.2) is 49.3 Å². The zero-order valence-electron chi connectivity index (χ0n) is 19.8. The fraction of sp³-hybridized carbons (Fsp3) is 0.500. The molecule has 1 aromatic heterocycles. The minimum absolute atomic E-state index is 0.000569. The maximum atomic E-state index is 12.9. The number of hydrogen-bond donors (Lipinski definition) is 1. The summed E-state index contributed by atoms with van der Waals surface area (Å²) in [4.78, 5) is 34.7. The van der Waals surface area contributed by atoms with E-state index in [0.717, 1.165) is 48.7 Å². The molecule has 3 aliphatic rings. The molecular weight excluding hydrogens is 432 g/mol. The van der Waals surface area contributed by atoms with Crippen LogP contribution in [0.25, 0.3) is 0 Å². The summed E-state index contributed by atoms with van der Waals surface area (Å²) in [6, 6.07) is 13.3. The van der Waals surface area contributed by atoms with Crippen molar-refractivity contribution in [3.8, 4) is 0 Å². The number of carbonyl (C=O) groups excluding carboxylic acids is 2. The molecule has 0 bridgehead atoms. The average Bonchev–Trinajstić information content (AvgIpc) is 3.70. The van der Waals surface area contributed by atoms with Crippen LogP contribution in [0.5, 0.6) is 0 Å². The van der Waals surface area contributed by atoms with Crippen molar-refractivity contribution in [2.45, 2.75) is 45.4 Å². The van der Waals surface area contributed by atoms with Crippen molar-refractivity contribution in [2.24, 2.45) is 11.8 Å². The second-order valence-electron chi connectivity index (χ2n) is 9.43. The SMILES string of the molecule is CC(=O)N1c2ccc(N3CCOCC3)nc2[C@H](NC(=O)OCc2ccccc2)[C@@H](C)[C@@H]1C1CC1. The number of benzene rings is 1. The number of anilines is 2. The minimum atomic E-state index is -0.476. The Morgan fingerprint density at radius 2 is 1.85 bits per heavy atom. The number of nitrogens with zero attached hydrogens (tertiary/aromatic N) is 3. The molecule has 2 fully saturated rings. The fourth-order valence-electron chi connectivity index (χ4n) is 5.25. The summed E-state index contributed by atoms with van der Waals surface area (Å²) < 4.78 is 11.0. The van der Waals surface area contributed by atoms with Crippen LogP contribution in [0.1, 0.15) is 44.0 Å². The summed E-state index contributed by atoms with van der Waals surface area (Å²) in [6.07, 6.45) is 1.72. The van der Waals surface area contributed by atoms with Gasteiger partial charge in [-0.3, -0.25) is 4.79 Å². The highest BCUT2D eigenvalue weighted by Crippen LogP contribution is 2.49. The summed E-state index contributed by atoms with van der Waals surface area (Å²) in [5, 5.41) is 3.09. The maximum Gasteiger partial charge on any atom is 0.408 e. The van der Waals surface area contributed by atoms with Crippen LogP contribution in [0.15, 0.2) is 42.5 Å². The fourth-order valence-corrected chi connectivity index (χ4v) is 5.25. The van der Waals surface area contributed by atoms with Crippen molar-refractivity contribution >= 4 is 23.5 Å². The molecule has 1 saturated heterocycles. The number of hydrogen-bond acceptors (Lipinski definition) is 6. The molecule has 2 amide bonds. The third-order valence-electron chi connectivity index (χ3n) is 7.07. The first-order valence-corrected chi connectivity index (χ1v) is 12.1. The van der Waals surface area contributed by atoms with Gasteiger partial charge in [-0.15, -0.1) is 0 Å². The van der Waals surface area contributed by atoms with Crippen LogP contribution < -0.4 is 15.1 Å². The maximum absolute atomic E-state index is 12.9. The van der Waals surface area contributed by atoms with Crippen molar-refractivity contribution in [2.75, 3.05) is 36.1 Å². The second-order valence-corrected chi connectivity index (χ2v) is 9.43. The number of alkyl carbamates (subject to hydrolysis) is 1. The molecule has 1 aromatic carbocycles. The van der Waals surface area contributed by atoms with Gasteiger partial charge in [-0.05, 0) is 36.5 Å². The highest BCUT2D eigenvalue weighted by atomic mass is 16.5. The van der Waals surface area contributed by atoms with Gasteiger partial charge in [0, 0.05) is 32.0 Å². The Morgan fingerprint density at radius 3 is 2.53 bits per heavy atom. The molecule has 8 heteroatoms. The molecule has 8 nitrogen and oxygen atoms in total. The Bertz CT molecular complexity index is 1040. The predicted molar refractivity (Wildman–Crippen MR) is 129 cm³/mol. The van der Waals surface area contributed by atoms with Gasteiger partial charge < -0.3 is 24.6 Å². The second kappa shape index (κ2) is 9.62. The normalized spacial score (nSPS) is 24.4. The van der Waals surface area contributed by atoms with Crippen LogP contribution in [0.3, 0.4) is 0 Å². The van der Waals surface area contributed by atoms with Crippen LogP contribution in [0, 0.1) is 11.8 Å². The van der Waals surface area contributed by atoms with E-state index in [0.29, 0.717) is 19.1 Å². The van der Waals surface area contributed by atoms with Gasteiger partial charge in [0.1, 0.15) is 12.4 Å². The highest BCUT2D eigenvalue weighted by Gasteiger charge is 2.48. The Morgan fingerprint density at radius 1 is 1.12 bits per heavy atom. The molecule has 0 unspecified atom stereocenters. The summed E-state index contributed by atoms with van der Waals surface area (Å²) in [5.74, 6) is 1.29. The van der Waals surface area contributed by atoms with Crippen LogP contribution in [0.4, 0.5) is 16.3 Å². The first-order chi connectivity index (χ1) is 16.5. The van der Waals surface area contributed by atoms with Crippen LogP contribution in [0.2, 0.25) is 0 Å². The largest absolute Gasteiger partial charge is 0.445 e. The molecule has 0 spiro atoms. The van der Waals surface area contributed by atoms with Gasteiger partial charge in [0.25, 0.3) is 0 Å². The lowest BCUT2D eigenvalue weighted by molar-refractivity contribution is -0.117. The van der Waals surface area contributed by atoms with E-state index in [-0.39, 0.29) is 30.5 Å². The quantitative estimate of drug-likeness (QED) is 0.727. The molecule has 34 heavy (non-hydrogen) atoms. The number of rotatable bonds is 5. The number of ether oxygens (including phenoxy) is 2. The third-order valence-corrected chi connectivity index (χ3v) is 7.07. The summed E-state index contributed by atoms with van der Waals surface area (Å²) >= 11 is 0. The molecular formula is C26H32N4O4. The summed E-state index contributed by atoms with van der Waals surface area (Å²) in [7, 11) is 0. The highest BCUT2D eigenvalue weighted by molar-refractivity contribution is 5.94. The minimum Gasteiger partial charge on any atom is -0.445 e. The Balaban J connectivity index is 1.44. The van der Waals surface area contributed by atoms with Gasteiger partial charge >= 0.3 is 6.09 Å². The van der Waals surface area contributed by atoms with E-state index < -0.39 is 6.09 Å². The number of pyridine rings is 1. The number of fused-ring (bicyclic) bond motifs is 1. The van der Waals surface area contributed by atoms with Crippen molar-refractivity contribution in [1.29, 1.82) is 0 Å². The van der Waals surface area contributed by atoms with Crippen molar-refractivity contribution < 1.29 is 19.1 Å². The molecule has 0 radical (unpaired) electrons. The smallest absolute Gasteiger partial charge is 0.408 e. The zero-order valence-corrected chi connectivity index (χ0v) is 19.8. The molecule has 2 aliphatic heterocycles. The van der Waals surface area contributed by atoms with E-state index in [4.69, 9.17) is 14.5 Å². The average molecular weight is 465 g/mol. The lowest BCUT2D eigenvalue weighted by Crippen LogP contribution is -2.53. The number of nitrogens with one attached hydrogen (secondary N) is 1. The van der Waals surface area contributed by atoms with Gasteiger partial charge in [-0.1, -0.05) is 37.3 Å². The van der Waals surface area contributed by atoms with E-state index in [1.807, 2.05) is 47.4 Å². The molecule has 2 aromatic rings. The third kappa shape index (κ3) is 4.59. The lowest BCUT2D eigenvalue weighted by Gasteiger charge is -2.45. The standard InChI is InChI=1S/C26H32N4O4/c1-17-23(28-26(32)34-16-19-6-4-3-5-7-19)24-21(30(18(2)31)25(17)20-8-9-20)10-11-22(27-24)29-12-14-33-15-13-29/h3-7,10-11,17,20,23,25H,8-9,12-16H2,1-2H3,(H,28,32)/t17-,23-,25-/m1/s1. The summed E-state index contributed by atoms with van der Waals surface area (Å²) in [5.41, 5.74) is 2.44. The van der Waals surface area contributed by atoms with Crippen LogP contribution in [-0.2, 0) is 20.9 Å². The Labute approximate surface area is 200 Å². The molecule has 1 saturated carbocycles. The van der Waals surface area contributed by atoms with Gasteiger partial charge in [0.05, 0.1) is 30.6 Å². The molecule has 1 aliphatic carbocycles. The molecule has 5 rings (SSSR count). The van der Waals surface area contributed by atoms with E-state index >= 15 is 0 Å².